The average molecular weight is 991 g/mol. The number of amides is 2. The summed E-state index contributed by atoms with van der Waals surface area (Å²) in [6, 6.07) is -3.04. The molecule has 0 aromatic heterocycles. The molecule has 68 heavy (non-hydrogen) atoms. The molecule has 2 amide bonds. The molecule has 21 atom stereocenters. The normalized spacial score (nSPS) is 39.6. The summed E-state index contributed by atoms with van der Waals surface area (Å²) in [5, 5.41) is 134. The van der Waals surface area contributed by atoms with Crippen molar-refractivity contribution < 1.29 is 123 Å². The smallest absolute Gasteiger partial charge is 0.364 e. The number of nitrogens with one attached hydrogen (secondary N) is 2. The molecular weight excluding hydrogens is 920 g/mol. The van der Waals surface area contributed by atoms with E-state index in [1.165, 1.54) is 14.0 Å². The van der Waals surface area contributed by atoms with Gasteiger partial charge in [-0.25, -0.2) is 4.79 Å². The zero-order valence-corrected chi connectivity index (χ0v) is 38.2. The van der Waals surface area contributed by atoms with Crippen LogP contribution in [0.5, 0.6) is 0 Å². The Morgan fingerprint density at radius 2 is 1.26 bits per heavy atom. The number of ether oxygens (including phenoxy) is 9. The summed E-state index contributed by atoms with van der Waals surface area (Å²) in [5.41, 5.74) is 0. The second-order valence-corrected chi connectivity index (χ2v) is 17.3. The van der Waals surface area contributed by atoms with E-state index >= 15 is 0 Å². The lowest BCUT2D eigenvalue weighted by molar-refractivity contribution is -0.391. The number of carbonyl (C=O) groups is 4. The fourth-order valence-electron chi connectivity index (χ4n) is 8.50. The molecule has 4 aliphatic rings. The highest BCUT2D eigenvalue weighted by Gasteiger charge is 2.61. The van der Waals surface area contributed by atoms with Crippen LogP contribution in [0, 0.1) is 0 Å². The number of carboxylic acids is 1. The molecule has 0 saturated carbocycles. The van der Waals surface area contributed by atoms with Crippen LogP contribution in [0.25, 0.3) is 0 Å². The zero-order chi connectivity index (χ0) is 50.6. The van der Waals surface area contributed by atoms with Crippen molar-refractivity contribution >= 4 is 23.8 Å². The minimum atomic E-state index is -3.13. The van der Waals surface area contributed by atoms with E-state index in [9.17, 15) is 80.5 Å². The third-order valence-corrected chi connectivity index (χ3v) is 12.2. The van der Waals surface area contributed by atoms with Crippen LogP contribution in [0.15, 0.2) is 0 Å². The Kier molecular flexibility index (Phi) is 22.5. The number of esters is 1. The number of aliphatic hydroxyl groups excluding tert-OH is 11. The molecule has 0 aromatic rings. The quantitative estimate of drug-likeness (QED) is 0.0316. The topological polar surface area (TPSA) is 418 Å². The first-order valence-electron chi connectivity index (χ1n) is 22.5. The van der Waals surface area contributed by atoms with Crippen molar-refractivity contribution in [2.24, 2.45) is 0 Å². The zero-order valence-electron chi connectivity index (χ0n) is 38.2. The van der Waals surface area contributed by atoms with Crippen molar-refractivity contribution in [1.82, 2.24) is 10.6 Å². The van der Waals surface area contributed by atoms with Gasteiger partial charge < -0.3 is 115 Å². The number of unbranched alkanes of at least 4 members (excludes halogenated alkanes) is 5. The fourth-order valence-corrected chi connectivity index (χ4v) is 8.50. The van der Waals surface area contributed by atoms with Crippen molar-refractivity contribution in [1.29, 1.82) is 0 Å². The molecule has 4 saturated heterocycles. The molecule has 4 unspecified atom stereocenters. The van der Waals surface area contributed by atoms with Gasteiger partial charge >= 0.3 is 11.9 Å². The van der Waals surface area contributed by atoms with Gasteiger partial charge in [-0.15, -0.1) is 0 Å². The summed E-state index contributed by atoms with van der Waals surface area (Å²) in [5.74, 6) is -6.90. The minimum Gasteiger partial charge on any atom is -0.477 e. The average Bonchev–Trinajstić information content (AvgIpc) is 3.30. The van der Waals surface area contributed by atoms with Crippen molar-refractivity contribution in [3.63, 3.8) is 0 Å². The van der Waals surface area contributed by atoms with E-state index in [2.05, 4.69) is 15.4 Å². The minimum absolute atomic E-state index is 0.0356. The summed E-state index contributed by atoms with van der Waals surface area (Å²) in [6.45, 7) is 0.519. The lowest BCUT2D eigenvalue weighted by Crippen LogP contribution is -2.71. The van der Waals surface area contributed by atoms with Crippen LogP contribution < -0.4 is 10.6 Å². The number of aliphatic hydroxyl groups is 11. The van der Waals surface area contributed by atoms with Crippen LogP contribution >= 0.6 is 0 Å². The van der Waals surface area contributed by atoms with E-state index in [1.54, 1.807) is 0 Å². The molecule has 4 fully saturated rings. The van der Waals surface area contributed by atoms with Crippen molar-refractivity contribution in [3.05, 3.63) is 0 Å². The molecule has 0 spiro atoms. The lowest BCUT2D eigenvalue weighted by atomic mass is 9.88. The fraction of sp³-hybridized carbons (Fsp3) is 0.902. The number of hydrogen-bond acceptors (Lipinski definition) is 24. The molecule has 4 heterocycles. The van der Waals surface area contributed by atoms with Gasteiger partial charge in [-0.3, -0.25) is 14.4 Å². The number of carbonyl (C=O) groups excluding carboxylic acids is 3. The van der Waals surface area contributed by atoms with E-state index in [1.807, 2.05) is 0 Å². The summed E-state index contributed by atoms with van der Waals surface area (Å²) >= 11 is 0. The highest BCUT2D eigenvalue weighted by molar-refractivity contribution is 5.77. The Bertz CT molecular complexity index is 1600. The molecule has 27 heteroatoms. The first-order chi connectivity index (χ1) is 32.1. The number of aliphatic carboxylic acids is 1. The monoisotopic (exact) mass is 990 g/mol. The molecular formula is C41H70N2O25. The van der Waals surface area contributed by atoms with Gasteiger partial charge in [-0.05, 0) is 19.8 Å². The highest BCUT2D eigenvalue weighted by Crippen LogP contribution is 2.39. The molecule has 0 bridgehead atoms. The third kappa shape index (κ3) is 14.4. The summed E-state index contributed by atoms with van der Waals surface area (Å²) in [7, 11) is 1.32. The molecule has 394 valence electrons. The first kappa shape index (κ1) is 57.7. The van der Waals surface area contributed by atoms with Crippen molar-refractivity contribution in [2.75, 3.05) is 33.5 Å². The van der Waals surface area contributed by atoms with E-state index < -0.39 is 172 Å². The number of rotatable bonds is 24. The number of methoxy groups -OCH3 is 1. The van der Waals surface area contributed by atoms with Gasteiger partial charge in [0.15, 0.2) is 18.9 Å². The molecule has 27 nitrogen and oxygen atoms in total. The first-order valence-corrected chi connectivity index (χ1v) is 22.5. The summed E-state index contributed by atoms with van der Waals surface area (Å²) in [6.07, 6.45) is -29.9. The second kappa shape index (κ2) is 26.5. The van der Waals surface area contributed by atoms with Gasteiger partial charge in [0.05, 0.1) is 45.2 Å². The largest absolute Gasteiger partial charge is 0.477 e. The Balaban J connectivity index is 1.66. The Hall–Kier alpha value is -2.88. The van der Waals surface area contributed by atoms with E-state index in [4.69, 9.17) is 37.9 Å². The Morgan fingerprint density at radius 3 is 1.85 bits per heavy atom. The van der Waals surface area contributed by atoms with E-state index in [0.29, 0.717) is 25.7 Å². The SMILES string of the molecule is COC(=O)CCCCCCCCO[C@@H]1OC(CO)[C@@H](O[C@@H]2O[C@@H](CO)[C@H](O)[C@H](O[C@]3(C(=O)O)C[C@@H](O)[C@@H](NC(C)=O)[C@@H](C(O)C(O)CO)O3)[C@@H]2O)[C@@H](O[C@@H]2O[C@H](C)[C@@H](O)[C@H](O)C2O)[C@@H]1NC(C)=O. The molecule has 4 rings (SSSR count). The van der Waals surface area contributed by atoms with Crippen molar-refractivity contribution in [3.8, 4) is 0 Å². The standard InChI is InChI=1S/C41H70N2O25/c1-17-27(52)30(55)31(56)38(62-17)66-35-26(43-19(3)48)37(61-12-10-8-6-5-7-9-11-24(51)60-4)64-23(16-46)33(35)65-39-32(57)36(29(54)22(15-45)63-39)68-41(40(58)59)13-20(49)25(42-18(2)47)34(67-41)28(53)21(50)14-44/h17,20-23,25-39,44-46,49-50,52-57H,5-16H2,1-4H3,(H,42,47)(H,43,48)(H,58,59)/t17-,20-,21?,22+,23?,25-,26+,27-,28?,29+,30+,31?,32+,33-,34+,35+,36+,37-,38+,39+,41+/m1/s1. The predicted octanol–water partition coefficient (Wildman–Crippen LogP) is -6.30. The van der Waals surface area contributed by atoms with Crippen LogP contribution in [0.2, 0.25) is 0 Å². The van der Waals surface area contributed by atoms with Gasteiger partial charge in [0.1, 0.15) is 85.4 Å². The molecule has 0 aliphatic carbocycles. The van der Waals surface area contributed by atoms with Crippen LogP contribution in [-0.4, -0.2) is 247 Å². The van der Waals surface area contributed by atoms with Gasteiger partial charge in [0.2, 0.25) is 11.8 Å². The predicted molar refractivity (Wildman–Crippen MR) is 221 cm³/mol. The highest BCUT2D eigenvalue weighted by atomic mass is 16.8. The van der Waals surface area contributed by atoms with Gasteiger partial charge in [0.25, 0.3) is 5.79 Å². The van der Waals surface area contributed by atoms with Crippen LogP contribution in [0.1, 0.15) is 72.1 Å². The maximum Gasteiger partial charge on any atom is 0.364 e. The summed E-state index contributed by atoms with van der Waals surface area (Å²) in [4.78, 5) is 49.3. The van der Waals surface area contributed by atoms with Crippen LogP contribution in [0.3, 0.4) is 0 Å². The van der Waals surface area contributed by atoms with E-state index in [-0.39, 0.29) is 12.6 Å². The third-order valence-electron chi connectivity index (χ3n) is 12.2. The van der Waals surface area contributed by atoms with Crippen LogP contribution in [-0.2, 0) is 61.8 Å². The Morgan fingerprint density at radius 1 is 0.691 bits per heavy atom. The maximum absolute atomic E-state index is 13.0. The van der Waals surface area contributed by atoms with Crippen LogP contribution in [0.4, 0.5) is 0 Å². The van der Waals surface area contributed by atoms with Crippen molar-refractivity contribution in [2.45, 2.75) is 200 Å². The molecule has 0 aromatic carbocycles. The number of hydrogen-bond donors (Lipinski definition) is 14. The lowest BCUT2D eigenvalue weighted by Gasteiger charge is -2.51. The number of carboxylic acid groups (broad SMARTS) is 1. The second-order valence-electron chi connectivity index (χ2n) is 17.3. The molecule has 14 N–H and O–H groups in total. The van der Waals surface area contributed by atoms with Gasteiger partial charge in [-0.2, -0.15) is 0 Å². The van der Waals surface area contributed by atoms with Gasteiger partial charge in [0, 0.05) is 33.3 Å². The maximum atomic E-state index is 13.0. The summed E-state index contributed by atoms with van der Waals surface area (Å²) < 4.78 is 52.1. The van der Waals surface area contributed by atoms with Gasteiger partial charge in [-0.1, -0.05) is 25.7 Å². The van der Waals surface area contributed by atoms with E-state index in [0.717, 1.165) is 33.1 Å². The molecule has 4 aliphatic heterocycles. The Labute approximate surface area is 391 Å². The molecule has 0 radical (unpaired) electrons.